The van der Waals surface area contributed by atoms with Crippen LogP contribution < -0.4 is 0 Å². The molecule has 0 aromatic rings. The predicted octanol–water partition coefficient (Wildman–Crippen LogP) is 2.02. The highest BCUT2D eigenvalue weighted by molar-refractivity contribution is 5.75. The molecule has 0 N–H and O–H groups in total. The van der Waals surface area contributed by atoms with Crippen LogP contribution >= 0.6 is 0 Å². The molecule has 6 nitrogen and oxygen atoms in total. The van der Waals surface area contributed by atoms with Crippen LogP contribution in [0.2, 0.25) is 0 Å². The molecule has 0 aromatic heterocycles. The standard InChI is InChI=1S/C16H24O6/c1-15-5-3-6-16(19-9-20-22-16)13(15)12-10(4-7-15)11(8-18-2)14(17)21-12/h10-13H,3-9H2,1-2H3. The van der Waals surface area contributed by atoms with Gasteiger partial charge in [-0.05, 0) is 31.1 Å². The van der Waals surface area contributed by atoms with E-state index in [2.05, 4.69) is 6.92 Å². The van der Waals surface area contributed by atoms with Crippen molar-refractivity contribution in [3.05, 3.63) is 0 Å². The second kappa shape index (κ2) is 5.16. The molecule has 4 rings (SSSR count). The van der Waals surface area contributed by atoms with E-state index in [0.717, 1.165) is 32.1 Å². The highest BCUT2D eigenvalue weighted by Crippen LogP contribution is 2.61. The molecule has 2 aliphatic carbocycles. The molecular formula is C16H24O6. The number of carbonyl (C=O) groups excluding carboxylic acids is 1. The van der Waals surface area contributed by atoms with Gasteiger partial charge in [-0.25, -0.2) is 4.89 Å². The maximum atomic E-state index is 12.3. The van der Waals surface area contributed by atoms with Gasteiger partial charge in [0.2, 0.25) is 5.79 Å². The average Bonchev–Trinajstić information content (AvgIpc) is 3.05. The van der Waals surface area contributed by atoms with Crippen LogP contribution in [-0.2, 0) is 28.8 Å². The third-order valence-corrected chi connectivity index (χ3v) is 6.27. The Kier molecular flexibility index (Phi) is 3.49. The molecular weight excluding hydrogens is 288 g/mol. The molecule has 4 aliphatic rings. The van der Waals surface area contributed by atoms with Crippen molar-refractivity contribution in [3.63, 3.8) is 0 Å². The largest absolute Gasteiger partial charge is 0.461 e. The summed E-state index contributed by atoms with van der Waals surface area (Å²) in [5.41, 5.74) is 0.0648. The van der Waals surface area contributed by atoms with Gasteiger partial charge in [0, 0.05) is 19.4 Å². The Morgan fingerprint density at radius 3 is 2.91 bits per heavy atom. The van der Waals surface area contributed by atoms with Crippen LogP contribution in [0.1, 0.15) is 39.0 Å². The Hall–Kier alpha value is -0.690. The number of hydrogen-bond acceptors (Lipinski definition) is 6. The summed E-state index contributed by atoms with van der Waals surface area (Å²) in [6.45, 7) is 2.85. The van der Waals surface area contributed by atoms with Gasteiger partial charge >= 0.3 is 5.97 Å². The number of ether oxygens (including phenoxy) is 3. The summed E-state index contributed by atoms with van der Waals surface area (Å²) in [5, 5.41) is 0. The van der Waals surface area contributed by atoms with Crippen molar-refractivity contribution in [2.24, 2.45) is 23.2 Å². The van der Waals surface area contributed by atoms with E-state index in [4.69, 9.17) is 24.0 Å². The Labute approximate surface area is 130 Å². The van der Waals surface area contributed by atoms with Crippen LogP contribution in [0, 0.1) is 23.2 Å². The van der Waals surface area contributed by atoms with E-state index in [1.54, 1.807) is 7.11 Å². The van der Waals surface area contributed by atoms with Crippen molar-refractivity contribution in [1.82, 2.24) is 0 Å². The Morgan fingerprint density at radius 1 is 1.32 bits per heavy atom. The summed E-state index contributed by atoms with van der Waals surface area (Å²) < 4.78 is 16.9. The molecule has 2 saturated carbocycles. The van der Waals surface area contributed by atoms with E-state index >= 15 is 0 Å². The number of methoxy groups -OCH3 is 1. The summed E-state index contributed by atoms with van der Waals surface area (Å²) in [4.78, 5) is 23.0. The van der Waals surface area contributed by atoms with E-state index in [-0.39, 0.29) is 42.0 Å². The molecule has 2 aliphatic heterocycles. The molecule has 4 fully saturated rings. The van der Waals surface area contributed by atoms with Gasteiger partial charge in [0.1, 0.15) is 6.10 Å². The molecule has 22 heavy (non-hydrogen) atoms. The lowest BCUT2D eigenvalue weighted by Gasteiger charge is -2.55. The smallest absolute Gasteiger partial charge is 0.312 e. The highest BCUT2D eigenvalue weighted by atomic mass is 17.3. The first-order chi connectivity index (χ1) is 10.6. The molecule has 0 bridgehead atoms. The van der Waals surface area contributed by atoms with Crippen LogP contribution in [0.4, 0.5) is 0 Å². The third kappa shape index (κ3) is 1.97. The highest BCUT2D eigenvalue weighted by Gasteiger charge is 2.66. The number of carbonyl (C=O) groups is 1. The topological polar surface area (TPSA) is 63.2 Å². The molecule has 0 aromatic carbocycles. The maximum absolute atomic E-state index is 12.3. The minimum absolute atomic E-state index is 0.0285. The zero-order chi connectivity index (χ0) is 15.4. The van der Waals surface area contributed by atoms with Gasteiger partial charge in [0.05, 0.1) is 18.4 Å². The van der Waals surface area contributed by atoms with Crippen LogP contribution in [0.15, 0.2) is 0 Å². The van der Waals surface area contributed by atoms with Gasteiger partial charge in [-0.1, -0.05) is 6.92 Å². The molecule has 6 unspecified atom stereocenters. The number of hydrogen-bond donors (Lipinski definition) is 0. The molecule has 6 heteroatoms. The molecule has 0 radical (unpaired) electrons. The lowest BCUT2D eigenvalue weighted by Crippen LogP contribution is -2.59. The monoisotopic (exact) mass is 312 g/mol. The fraction of sp³-hybridized carbons (Fsp3) is 0.938. The first kappa shape index (κ1) is 14.9. The Morgan fingerprint density at radius 2 is 2.18 bits per heavy atom. The van der Waals surface area contributed by atoms with Gasteiger partial charge < -0.3 is 14.2 Å². The van der Waals surface area contributed by atoms with Crippen LogP contribution in [0.5, 0.6) is 0 Å². The van der Waals surface area contributed by atoms with Crippen LogP contribution in [-0.4, -0.2) is 38.4 Å². The summed E-state index contributed by atoms with van der Waals surface area (Å²) in [6, 6.07) is 0. The van der Waals surface area contributed by atoms with Crippen molar-refractivity contribution in [2.45, 2.75) is 50.9 Å². The number of rotatable bonds is 2. The van der Waals surface area contributed by atoms with Gasteiger partial charge in [-0.3, -0.25) is 4.79 Å². The summed E-state index contributed by atoms with van der Waals surface area (Å²) in [6.07, 6.45) is 4.85. The molecule has 2 saturated heterocycles. The number of fused-ring (bicyclic) bond motifs is 4. The second-order valence-electron chi connectivity index (χ2n) is 7.43. The molecule has 2 heterocycles. The Bertz CT molecular complexity index is 460. The van der Waals surface area contributed by atoms with Crippen molar-refractivity contribution < 1.29 is 28.8 Å². The van der Waals surface area contributed by atoms with Crippen molar-refractivity contribution in [1.29, 1.82) is 0 Å². The van der Waals surface area contributed by atoms with Gasteiger partial charge in [0.25, 0.3) is 0 Å². The fourth-order valence-corrected chi connectivity index (χ4v) is 5.30. The summed E-state index contributed by atoms with van der Waals surface area (Å²) in [5.74, 6) is -0.839. The average molecular weight is 312 g/mol. The third-order valence-electron chi connectivity index (χ3n) is 6.27. The first-order valence-electron chi connectivity index (χ1n) is 8.24. The lowest BCUT2D eigenvalue weighted by atomic mass is 9.54. The van der Waals surface area contributed by atoms with Crippen LogP contribution in [0.25, 0.3) is 0 Å². The minimum atomic E-state index is -0.751. The SMILES string of the molecule is COCC1C(=O)OC2C1CCC1(C)CCCC3(OCOO3)C21. The zero-order valence-corrected chi connectivity index (χ0v) is 13.2. The van der Waals surface area contributed by atoms with E-state index in [9.17, 15) is 4.79 Å². The van der Waals surface area contributed by atoms with Gasteiger partial charge in [-0.2, -0.15) is 4.89 Å². The molecule has 0 amide bonds. The molecule has 124 valence electrons. The fourth-order valence-electron chi connectivity index (χ4n) is 5.30. The predicted molar refractivity (Wildman–Crippen MR) is 74.3 cm³/mol. The van der Waals surface area contributed by atoms with Crippen molar-refractivity contribution >= 4 is 5.97 Å². The summed E-state index contributed by atoms with van der Waals surface area (Å²) >= 11 is 0. The normalized spacial score (nSPS) is 50.7. The van der Waals surface area contributed by atoms with Gasteiger partial charge in [-0.15, -0.1) is 0 Å². The van der Waals surface area contributed by atoms with E-state index < -0.39 is 5.79 Å². The van der Waals surface area contributed by atoms with Crippen LogP contribution in [0.3, 0.4) is 0 Å². The minimum Gasteiger partial charge on any atom is -0.461 e. The van der Waals surface area contributed by atoms with Gasteiger partial charge in [0.15, 0.2) is 6.79 Å². The molecule has 1 spiro atoms. The maximum Gasteiger partial charge on any atom is 0.312 e. The molecule has 6 atom stereocenters. The van der Waals surface area contributed by atoms with Crippen molar-refractivity contribution in [2.75, 3.05) is 20.5 Å². The van der Waals surface area contributed by atoms with Crippen molar-refractivity contribution in [3.8, 4) is 0 Å². The van der Waals surface area contributed by atoms with E-state index in [1.807, 2.05) is 0 Å². The lowest BCUT2D eigenvalue weighted by molar-refractivity contribution is -0.369. The second-order valence-corrected chi connectivity index (χ2v) is 7.43. The first-order valence-corrected chi connectivity index (χ1v) is 8.24. The quantitative estimate of drug-likeness (QED) is 0.574. The zero-order valence-electron chi connectivity index (χ0n) is 13.2. The summed E-state index contributed by atoms with van der Waals surface area (Å²) in [7, 11) is 1.63. The van der Waals surface area contributed by atoms with E-state index in [1.165, 1.54) is 0 Å². The number of esters is 1. The Balaban J connectivity index is 1.69. The van der Waals surface area contributed by atoms with E-state index in [0.29, 0.717) is 6.61 Å².